The van der Waals surface area contributed by atoms with Crippen molar-refractivity contribution in [2.45, 2.75) is 39.2 Å². The Kier molecular flexibility index (Phi) is 8.68. The molecular formula is C31H37N5O4. The second-order valence-corrected chi connectivity index (χ2v) is 10.0. The highest BCUT2D eigenvalue weighted by atomic mass is 16.5. The fourth-order valence-corrected chi connectivity index (χ4v) is 5.03. The lowest BCUT2D eigenvalue weighted by Gasteiger charge is -2.32. The largest absolute Gasteiger partial charge is 0.494 e. The molecule has 0 unspecified atom stereocenters. The first kappa shape index (κ1) is 27.3. The van der Waals surface area contributed by atoms with Crippen molar-refractivity contribution in [2.75, 3.05) is 38.8 Å². The number of carbonyl (C=O) groups excluding carboxylic acids is 1. The van der Waals surface area contributed by atoms with Crippen LogP contribution in [0.5, 0.6) is 17.2 Å². The zero-order valence-corrected chi connectivity index (χ0v) is 23.4. The Morgan fingerprint density at radius 2 is 1.80 bits per heavy atom. The van der Waals surface area contributed by atoms with Gasteiger partial charge in [-0.25, -0.2) is 9.50 Å². The molecule has 4 aromatic rings. The lowest BCUT2D eigenvalue weighted by atomic mass is 9.95. The number of hydrogen-bond donors (Lipinski definition) is 1. The van der Waals surface area contributed by atoms with Crippen molar-refractivity contribution >= 4 is 17.2 Å². The predicted molar refractivity (Wildman–Crippen MR) is 155 cm³/mol. The van der Waals surface area contributed by atoms with E-state index in [0.717, 1.165) is 79.3 Å². The molecule has 0 aliphatic carbocycles. The van der Waals surface area contributed by atoms with Crippen molar-refractivity contribution in [3.05, 3.63) is 66.5 Å². The Bertz CT molecular complexity index is 1430. The van der Waals surface area contributed by atoms with Gasteiger partial charge < -0.3 is 24.4 Å². The van der Waals surface area contributed by atoms with Crippen LogP contribution in [0.25, 0.3) is 16.8 Å². The fourth-order valence-electron chi connectivity index (χ4n) is 5.03. The van der Waals surface area contributed by atoms with E-state index in [0.29, 0.717) is 18.0 Å². The zero-order chi connectivity index (χ0) is 27.9. The molecule has 1 saturated heterocycles. The molecule has 0 spiro atoms. The normalized spacial score (nSPS) is 13.8. The molecule has 1 N–H and O–H groups in total. The Hall–Kier alpha value is -4.27. The van der Waals surface area contributed by atoms with E-state index >= 15 is 0 Å². The second-order valence-electron chi connectivity index (χ2n) is 10.0. The topological polar surface area (TPSA) is 90.2 Å². The maximum absolute atomic E-state index is 12.9. The summed E-state index contributed by atoms with van der Waals surface area (Å²) in [6.07, 6.45) is 7.35. The maximum Gasteiger partial charge on any atom is 0.223 e. The number of amides is 1. The van der Waals surface area contributed by atoms with Gasteiger partial charge in [-0.05, 0) is 67.3 Å². The molecule has 1 aliphatic heterocycles. The minimum Gasteiger partial charge on any atom is -0.494 e. The van der Waals surface area contributed by atoms with E-state index in [1.54, 1.807) is 20.4 Å². The van der Waals surface area contributed by atoms with Crippen LogP contribution in [0.15, 0.2) is 60.9 Å². The summed E-state index contributed by atoms with van der Waals surface area (Å²) < 4.78 is 18.3. The van der Waals surface area contributed by atoms with Gasteiger partial charge in [-0.1, -0.05) is 19.4 Å². The standard InChI is InChI=1S/C31H37N5O4/c1-4-5-18-40-25-9-7-23(8-10-25)26-20-27-30(32-14-17-36(27)34-26)35-15-12-24(13-16-35)31(37)33-21-22-6-11-28(38-2)29(19-22)39-3/h6-11,14,17,19-20,24H,4-5,12-13,15-16,18,21H2,1-3H3,(H,33,37). The van der Waals surface area contributed by atoms with Crippen molar-refractivity contribution in [1.29, 1.82) is 0 Å². The number of methoxy groups -OCH3 is 2. The van der Waals surface area contributed by atoms with Crippen molar-refractivity contribution in [2.24, 2.45) is 5.92 Å². The number of ether oxygens (including phenoxy) is 3. The molecule has 9 heteroatoms. The third kappa shape index (κ3) is 6.14. The van der Waals surface area contributed by atoms with Crippen molar-refractivity contribution in [1.82, 2.24) is 19.9 Å². The quantitative estimate of drug-likeness (QED) is 0.263. The second kappa shape index (κ2) is 12.7. The lowest BCUT2D eigenvalue weighted by Crippen LogP contribution is -2.40. The Morgan fingerprint density at radius 3 is 2.52 bits per heavy atom. The van der Waals surface area contributed by atoms with E-state index in [2.05, 4.69) is 23.2 Å². The average molecular weight is 544 g/mol. The number of anilines is 1. The van der Waals surface area contributed by atoms with Crippen LogP contribution < -0.4 is 24.4 Å². The predicted octanol–water partition coefficient (Wildman–Crippen LogP) is 5.13. The number of aromatic nitrogens is 3. The van der Waals surface area contributed by atoms with Crippen LogP contribution in [0.4, 0.5) is 5.82 Å². The van der Waals surface area contributed by atoms with Gasteiger partial charge in [0.1, 0.15) is 11.3 Å². The number of piperidine rings is 1. The van der Waals surface area contributed by atoms with Gasteiger partial charge in [0.15, 0.2) is 17.3 Å². The number of rotatable bonds is 11. The number of unbranched alkanes of at least 4 members (excludes halogenated alkanes) is 1. The van der Waals surface area contributed by atoms with Crippen LogP contribution in [0.3, 0.4) is 0 Å². The first-order chi connectivity index (χ1) is 19.6. The van der Waals surface area contributed by atoms with Gasteiger partial charge in [0.25, 0.3) is 0 Å². The van der Waals surface area contributed by atoms with Gasteiger partial charge in [0.2, 0.25) is 5.91 Å². The van der Waals surface area contributed by atoms with Crippen LogP contribution >= 0.6 is 0 Å². The van der Waals surface area contributed by atoms with Crippen LogP contribution in [0, 0.1) is 5.92 Å². The Balaban J connectivity index is 1.20. The van der Waals surface area contributed by atoms with Gasteiger partial charge in [0, 0.05) is 43.5 Å². The van der Waals surface area contributed by atoms with Crippen LogP contribution in [-0.4, -0.2) is 54.4 Å². The Morgan fingerprint density at radius 1 is 1.02 bits per heavy atom. The van der Waals surface area contributed by atoms with Crippen LogP contribution in [0.1, 0.15) is 38.2 Å². The van der Waals surface area contributed by atoms with Gasteiger partial charge in [-0.15, -0.1) is 0 Å². The summed E-state index contributed by atoms with van der Waals surface area (Å²) in [5, 5.41) is 7.88. The third-order valence-corrected chi connectivity index (χ3v) is 7.37. The molecule has 2 aromatic heterocycles. The molecule has 210 valence electrons. The molecule has 3 heterocycles. The van der Waals surface area contributed by atoms with E-state index < -0.39 is 0 Å². The van der Waals surface area contributed by atoms with Crippen molar-refractivity contribution < 1.29 is 19.0 Å². The molecule has 2 aromatic carbocycles. The van der Waals surface area contributed by atoms with Gasteiger partial charge in [0.05, 0.1) is 26.5 Å². The van der Waals surface area contributed by atoms with Crippen molar-refractivity contribution in [3.8, 4) is 28.5 Å². The molecule has 5 rings (SSSR count). The zero-order valence-electron chi connectivity index (χ0n) is 23.4. The van der Waals surface area contributed by atoms with Crippen LogP contribution in [-0.2, 0) is 11.3 Å². The van der Waals surface area contributed by atoms with E-state index in [1.807, 2.05) is 53.2 Å². The Labute approximate surface area is 235 Å². The summed E-state index contributed by atoms with van der Waals surface area (Å²) in [6, 6.07) is 15.8. The summed E-state index contributed by atoms with van der Waals surface area (Å²) in [6.45, 7) is 4.85. The van der Waals surface area contributed by atoms with Gasteiger partial charge in [-0.3, -0.25) is 4.79 Å². The third-order valence-electron chi connectivity index (χ3n) is 7.37. The fraction of sp³-hybridized carbons (Fsp3) is 0.387. The smallest absolute Gasteiger partial charge is 0.223 e. The molecule has 1 amide bonds. The molecular weight excluding hydrogens is 506 g/mol. The maximum atomic E-state index is 12.9. The molecule has 1 fully saturated rings. The summed E-state index contributed by atoms with van der Waals surface area (Å²) in [5.41, 5.74) is 3.84. The molecule has 0 atom stereocenters. The lowest BCUT2D eigenvalue weighted by molar-refractivity contribution is -0.125. The average Bonchev–Trinajstić information content (AvgIpc) is 3.45. The van der Waals surface area contributed by atoms with E-state index in [-0.39, 0.29) is 11.8 Å². The van der Waals surface area contributed by atoms with E-state index in [9.17, 15) is 4.79 Å². The number of benzene rings is 2. The number of hydrogen-bond acceptors (Lipinski definition) is 7. The number of fused-ring (bicyclic) bond motifs is 1. The minimum atomic E-state index is -0.0327. The highest BCUT2D eigenvalue weighted by Gasteiger charge is 2.27. The first-order valence-corrected chi connectivity index (χ1v) is 13.9. The monoisotopic (exact) mass is 543 g/mol. The number of nitrogens with one attached hydrogen (secondary N) is 1. The molecule has 0 radical (unpaired) electrons. The van der Waals surface area contributed by atoms with Crippen LogP contribution in [0.2, 0.25) is 0 Å². The number of carbonyl (C=O) groups is 1. The van der Waals surface area contributed by atoms with E-state index in [4.69, 9.17) is 24.3 Å². The molecule has 1 aliphatic rings. The highest BCUT2D eigenvalue weighted by Crippen LogP contribution is 2.30. The summed E-state index contributed by atoms with van der Waals surface area (Å²) in [4.78, 5) is 19.9. The van der Waals surface area contributed by atoms with Gasteiger partial charge in [-0.2, -0.15) is 5.10 Å². The van der Waals surface area contributed by atoms with E-state index in [1.165, 1.54) is 0 Å². The van der Waals surface area contributed by atoms with Gasteiger partial charge >= 0.3 is 0 Å². The van der Waals surface area contributed by atoms with Crippen molar-refractivity contribution in [3.63, 3.8) is 0 Å². The molecule has 9 nitrogen and oxygen atoms in total. The molecule has 40 heavy (non-hydrogen) atoms. The minimum absolute atomic E-state index is 0.0327. The first-order valence-electron chi connectivity index (χ1n) is 13.9. The highest BCUT2D eigenvalue weighted by molar-refractivity contribution is 5.80. The summed E-state index contributed by atoms with van der Waals surface area (Å²) in [7, 11) is 3.22. The SMILES string of the molecule is CCCCOc1ccc(-c2cc3c(N4CCC(C(=O)NCc5ccc(OC)c(OC)c5)CC4)nccn3n2)cc1. The molecule has 0 bridgehead atoms. The molecule has 0 saturated carbocycles. The number of nitrogens with zero attached hydrogens (tertiary/aromatic N) is 4. The summed E-state index contributed by atoms with van der Waals surface area (Å²) >= 11 is 0. The summed E-state index contributed by atoms with van der Waals surface area (Å²) in [5.74, 6) is 3.14.